The molecule has 12 rings (SSSR count). The van der Waals surface area contributed by atoms with Crippen LogP contribution >= 0.6 is 0 Å². The second-order valence-corrected chi connectivity index (χ2v) is 22.4. The van der Waals surface area contributed by atoms with Gasteiger partial charge in [0.25, 0.3) is 0 Å². The van der Waals surface area contributed by atoms with E-state index in [1.54, 1.807) is 18.5 Å². The highest BCUT2D eigenvalue weighted by molar-refractivity contribution is 7.01. The number of imidazole rings is 2. The number of aromatic nitrogens is 5. The summed E-state index contributed by atoms with van der Waals surface area (Å²) in [6.07, 6.45) is 3.46. The van der Waals surface area contributed by atoms with E-state index < -0.39 is 27.2 Å². The molecule has 0 saturated heterocycles. The van der Waals surface area contributed by atoms with Crippen LogP contribution in [0.15, 0.2) is 146 Å². The molecular weight excluding hydrogens is 775 g/mol. The monoisotopic (exact) mass is 825 g/mol. The zero-order valence-electron chi connectivity index (χ0n) is 41.0. The van der Waals surface area contributed by atoms with Crippen LogP contribution in [0.2, 0.25) is 13.1 Å². The summed E-state index contributed by atoms with van der Waals surface area (Å²) >= 11 is 0. The average Bonchev–Trinajstić information content (AvgIpc) is 3.84. The summed E-state index contributed by atoms with van der Waals surface area (Å²) in [4.78, 5) is 14.6. The van der Waals surface area contributed by atoms with E-state index in [1.165, 1.54) is 0 Å². The van der Waals surface area contributed by atoms with Gasteiger partial charge in [-0.15, -0.1) is 0 Å². The predicted octanol–water partition coefficient (Wildman–Crippen LogP) is 12.7. The smallest absolute Gasteiger partial charge is 0.220 e. The molecule has 4 heterocycles. The van der Waals surface area contributed by atoms with Crippen molar-refractivity contribution in [2.45, 2.75) is 53.0 Å². The Morgan fingerprint density at radius 1 is 0.629 bits per heavy atom. The maximum Gasteiger partial charge on any atom is 0.220 e. The number of ether oxygens (including phenoxy) is 1. The highest BCUT2D eigenvalue weighted by Gasteiger charge is 2.41. The van der Waals surface area contributed by atoms with Crippen molar-refractivity contribution in [3.63, 3.8) is 0 Å². The number of hydrogen-bond donors (Lipinski definition) is 0. The fraction of sp³-hybridized carbons (Fsp3) is 0.145. The first-order valence-electron chi connectivity index (χ1n) is 24.0. The Balaban J connectivity index is 1.28. The van der Waals surface area contributed by atoms with E-state index in [1.807, 2.05) is 95.7 Å². The van der Waals surface area contributed by atoms with Crippen molar-refractivity contribution in [2.24, 2.45) is 0 Å². The van der Waals surface area contributed by atoms with Gasteiger partial charge in [0.15, 0.2) is 0 Å². The van der Waals surface area contributed by atoms with Crippen molar-refractivity contribution in [2.75, 3.05) is 0 Å². The molecule has 6 nitrogen and oxygen atoms in total. The minimum atomic E-state index is -2.87. The molecule has 0 N–H and O–H groups in total. The number of fused-ring (bicyclic) bond motifs is 15. The van der Waals surface area contributed by atoms with E-state index in [4.69, 9.17) is 18.8 Å². The lowest BCUT2D eigenvalue weighted by Gasteiger charge is -2.37. The molecule has 10 aromatic rings. The summed E-state index contributed by atoms with van der Waals surface area (Å²) in [6, 6.07) is 44.2. The van der Waals surface area contributed by atoms with Crippen molar-refractivity contribution >= 4 is 46.3 Å². The lowest BCUT2D eigenvalue weighted by molar-refractivity contribution is 0.487. The molecule has 3 aromatic heterocycles. The van der Waals surface area contributed by atoms with Gasteiger partial charge in [0, 0.05) is 31.1 Å². The van der Waals surface area contributed by atoms with Crippen LogP contribution in [0.25, 0.3) is 89.3 Å². The second-order valence-electron chi connectivity index (χ2n) is 18.1. The van der Waals surface area contributed by atoms with Crippen molar-refractivity contribution in [1.29, 1.82) is 0 Å². The number of hydrogen-bond acceptors (Lipinski definition) is 4. The third-order valence-electron chi connectivity index (χ3n) is 13.1. The highest BCUT2D eigenvalue weighted by Crippen LogP contribution is 2.52. The van der Waals surface area contributed by atoms with Gasteiger partial charge in [-0.2, -0.15) is 0 Å². The number of benzene rings is 7. The molecule has 0 spiro atoms. The van der Waals surface area contributed by atoms with Crippen LogP contribution < -0.4 is 15.1 Å². The van der Waals surface area contributed by atoms with E-state index in [2.05, 4.69) is 79.6 Å². The SMILES string of the molecule is [2H]C([2H])([2H])c1ccc2c(c1)Oc1c(cc(-n3c4ccccc4n4c5ccccc5nc34)c(C([2H])([2H])[2H])c1-c1cc3c(cc1C(C)(C)C)-c1ccccc1-c1cncnc1-c1ccccc1-3)[Si]2(C)C. The Morgan fingerprint density at radius 3 is 2.06 bits per heavy atom. The molecule has 0 radical (unpaired) electrons. The molecule has 0 atom stereocenters. The molecule has 7 heteroatoms. The van der Waals surface area contributed by atoms with Gasteiger partial charge in [0.1, 0.15) is 25.9 Å². The molecule has 0 saturated carbocycles. The standard InChI is InChI=1S/C55H45N5OSi/c1-32-24-25-49-48(26-32)61-53-50(62(49,6)7)29-47(60-46-23-15-14-22-45(46)59-44-21-13-12-20-43(44)58-54(59)60)33(2)51(53)40-27-38-36-18-10-11-19-37(36)52-41(30-56-31-57-52)35-17-9-8-16-34(35)39(38)28-42(40)55(3,4)5/h8-31H,1-7H3/i1D3,2D3. The van der Waals surface area contributed by atoms with Crippen LogP contribution in [0, 0.1) is 13.7 Å². The molecular formula is C55H45N5OSi. The van der Waals surface area contributed by atoms with Gasteiger partial charge in [-0.05, 0) is 128 Å². The Kier molecular flexibility index (Phi) is 6.45. The molecule has 0 unspecified atom stereocenters. The summed E-state index contributed by atoms with van der Waals surface area (Å²) in [7, 11) is -2.87. The van der Waals surface area contributed by atoms with Gasteiger partial charge in [-0.3, -0.25) is 8.97 Å². The molecule has 1 aliphatic carbocycles. The quantitative estimate of drug-likeness (QED) is 0.163. The number of nitrogens with zero attached hydrogens (tertiary/aromatic N) is 5. The minimum Gasteiger partial charge on any atom is -0.457 e. The van der Waals surface area contributed by atoms with E-state index in [-0.39, 0.29) is 11.1 Å². The van der Waals surface area contributed by atoms with Crippen molar-refractivity contribution in [1.82, 2.24) is 23.9 Å². The number of rotatable bonds is 2. The maximum atomic E-state index is 9.74. The van der Waals surface area contributed by atoms with Gasteiger partial charge >= 0.3 is 0 Å². The number of aryl methyl sites for hydroxylation is 1. The minimum absolute atomic E-state index is 0.106. The number of para-hydroxylation sites is 4. The molecule has 7 aromatic carbocycles. The molecule has 0 bridgehead atoms. The normalized spacial score (nSPS) is 15.5. The lowest BCUT2D eigenvalue weighted by Crippen LogP contribution is -2.56. The molecule has 0 fully saturated rings. The third-order valence-corrected chi connectivity index (χ3v) is 16.6. The Bertz CT molecular complexity index is 3780. The van der Waals surface area contributed by atoms with Crippen molar-refractivity contribution < 1.29 is 13.0 Å². The van der Waals surface area contributed by atoms with Crippen molar-refractivity contribution in [3.05, 3.63) is 163 Å². The fourth-order valence-electron chi connectivity index (χ4n) is 10.1. The lowest BCUT2D eigenvalue weighted by atomic mass is 9.75. The van der Waals surface area contributed by atoms with Gasteiger partial charge < -0.3 is 4.74 Å². The Labute approximate surface area is 370 Å². The summed E-state index contributed by atoms with van der Waals surface area (Å²) in [6.45, 7) is 5.83. The predicted molar refractivity (Wildman–Crippen MR) is 257 cm³/mol. The molecule has 2 aliphatic rings. The van der Waals surface area contributed by atoms with Crippen LogP contribution in [0.1, 0.15) is 45.7 Å². The fourth-order valence-corrected chi connectivity index (χ4v) is 12.9. The van der Waals surface area contributed by atoms with Gasteiger partial charge in [-0.25, -0.2) is 15.0 Å². The summed E-state index contributed by atoms with van der Waals surface area (Å²) in [5.41, 5.74) is 13.1. The summed E-state index contributed by atoms with van der Waals surface area (Å²) in [5, 5.41) is 1.81. The second kappa shape index (κ2) is 13.0. The zero-order chi connectivity index (χ0) is 47.2. The zero-order valence-corrected chi connectivity index (χ0v) is 36.0. The topological polar surface area (TPSA) is 57.2 Å². The first-order chi connectivity index (χ1) is 32.4. The first-order valence-corrected chi connectivity index (χ1v) is 24.0. The summed E-state index contributed by atoms with van der Waals surface area (Å²) < 4.78 is 65.7. The van der Waals surface area contributed by atoms with Gasteiger partial charge in [0.05, 0.1) is 33.4 Å². The van der Waals surface area contributed by atoms with E-state index in [9.17, 15) is 4.11 Å². The molecule has 0 amide bonds. The van der Waals surface area contributed by atoms with E-state index in [0.717, 1.165) is 82.6 Å². The highest BCUT2D eigenvalue weighted by atomic mass is 28.3. The van der Waals surface area contributed by atoms with E-state index in [0.29, 0.717) is 34.1 Å². The van der Waals surface area contributed by atoms with Gasteiger partial charge in [-0.1, -0.05) is 119 Å². The third kappa shape index (κ3) is 5.12. The molecule has 62 heavy (non-hydrogen) atoms. The maximum absolute atomic E-state index is 9.74. The van der Waals surface area contributed by atoms with Crippen LogP contribution in [-0.2, 0) is 5.41 Å². The van der Waals surface area contributed by atoms with Crippen LogP contribution in [0.3, 0.4) is 0 Å². The first kappa shape index (κ1) is 30.9. The van der Waals surface area contributed by atoms with Crippen LogP contribution in [0.5, 0.6) is 11.5 Å². The van der Waals surface area contributed by atoms with E-state index >= 15 is 0 Å². The van der Waals surface area contributed by atoms with Crippen LogP contribution in [0.4, 0.5) is 0 Å². The molecule has 300 valence electrons. The average molecular weight is 826 g/mol. The Morgan fingerprint density at radius 2 is 1.31 bits per heavy atom. The van der Waals surface area contributed by atoms with Crippen molar-refractivity contribution in [3.8, 4) is 73.0 Å². The molecule has 1 aliphatic heterocycles. The Hall–Kier alpha value is -7.09. The van der Waals surface area contributed by atoms with Crippen LogP contribution in [-0.4, -0.2) is 32.0 Å². The van der Waals surface area contributed by atoms with Gasteiger partial charge in [0.2, 0.25) is 5.78 Å². The summed E-state index contributed by atoms with van der Waals surface area (Å²) in [5.74, 6) is 1.44. The largest absolute Gasteiger partial charge is 0.457 e.